The molecule has 0 aliphatic carbocycles. The van der Waals surface area contributed by atoms with Crippen LogP contribution < -0.4 is 0 Å². The Morgan fingerprint density at radius 3 is 2.84 bits per heavy atom. The van der Waals surface area contributed by atoms with Crippen LogP contribution in [0.3, 0.4) is 0 Å². The van der Waals surface area contributed by atoms with E-state index in [4.69, 9.17) is 28.3 Å². The number of thioether (sulfide) groups is 1. The van der Waals surface area contributed by atoms with E-state index in [1.54, 1.807) is 12.1 Å². The lowest BCUT2D eigenvalue weighted by Crippen LogP contribution is -2.14. The first kappa shape index (κ1) is 15.1. The molecule has 1 unspecified atom stereocenters. The lowest BCUT2D eigenvalue weighted by Gasteiger charge is -2.03. The Morgan fingerprint density at radius 2 is 2.16 bits per heavy atom. The molecule has 0 saturated carbocycles. The summed E-state index contributed by atoms with van der Waals surface area (Å²) < 4.78 is 0.827. The maximum Gasteiger partial charge on any atom is 0.150 e. The number of hydrogen-bond donors (Lipinski definition) is 2. The van der Waals surface area contributed by atoms with Crippen LogP contribution in [0.5, 0.6) is 0 Å². The molecule has 0 radical (unpaired) electrons. The number of aliphatic hydroxyl groups excluding tert-OH is 2. The molecule has 2 N–H and O–H groups in total. The number of rotatable bonds is 5. The van der Waals surface area contributed by atoms with Crippen molar-refractivity contribution in [1.29, 1.82) is 0 Å². The molecule has 1 heterocycles. The summed E-state index contributed by atoms with van der Waals surface area (Å²) >= 11 is 14.9. The number of halogens is 2. The number of nitrogens with zero attached hydrogens (tertiary/aromatic N) is 1. The molecule has 7 heteroatoms. The summed E-state index contributed by atoms with van der Waals surface area (Å²) in [5, 5.41) is 21.1. The van der Waals surface area contributed by atoms with Gasteiger partial charge in [0.2, 0.25) is 0 Å². The van der Waals surface area contributed by atoms with E-state index in [1.165, 1.54) is 23.1 Å². The van der Waals surface area contributed by atoms with Gasteiger partial charge in [-0.05, 0) is 18.2 Å². The van der Waals surface area contributed by atoms with Crippen molar-refractivity contribution < 1.29 is 10.2 Å². The largest absolute Gasteiger partial charge is 0.394 e. The summed E-state index contributed by atoms with van der Waals surface area (Å²) in [5.74, 6) is 0.414. The molecular weight excluding hydrogens is 325 g/mol. The second-order valence-corrected chi connectivity index (χ2v) is 6.74. The minimum absolute atomic E-state index is 0.242. The predicted octanol–water partition coefficient (Wildman–Crippen LogP) is 3.56. The quantitative estimate of drug-likeness (QED) is 0.820. The zero-order chi connectivity index (χ0) is 13.8. The van der Waals surface area contributed by atoms with Crippen LogP contribution in [0.25, 0.3) is 11.3 Å². The summed E-state index contributed by atoms with van der Waals surface area (Å²) in [7, 11) is 0. The van der Waals surface area contributed by atoms with E-state index in [-0.39, 0.29) is 6.61 Å². The van der Waals surface area contributed by atoms with Gasteiger partial charge in [-0.1, -0.05) is 35.0 Å². The van der Waals surface area contributed by atoms with Gasteiger partial charge in [-0.25, -0.2) is 4.98 Å². The molecule has 0 saturated heterocycles. The van der Waals surface area contributed by atoms with E-state index in [1.807, 2.05) is 11.4 Å². The standard InChI is InChI=1S/C12H11Cl2NO2S2/c13-7-1-2-9(10(14)3-7)11-6-19-12(15-11)18-5-8(17)4-16/h1-3,6,8,16-17H,4-5H2. The van der Waals surface area contributed by atoms with Crippen molar-refractivity contribution in [3.05, 3.63) is 33.6 Å². The Morgan fingerprint density at radius 1 is 1.37 bits per heavy atom. The molecule has 0 bridgehead atoms. The fourth-order valence-corrected chi connectivity index (χ4v) is 3.64. The fraction of sp³-hybridized carbons (Fsp3) is 0.250. The van der Waals surface area contributed by atoms with E-state index < -0.39 is 6.10 Å². The number of thiazole rings is 1. The molecule has 102 valence electrons. The van der Waals surface area contributed by atoms with Crippen LogP contribution in [0.1, 0.15) is 0 Å². The monoisotopic (exact) mass is 335 g/mol. The van der Waals surface area contributed by atoms with Gasteiger partial charge in [0.15, 0.2) is 4.34 Å². The second-order valence-electron chi connectivity index (χ2n) is 3.77. The molecule has 0 aliphatic rings. The molecule has 2 rings (SSSR count). The Labute approximate surface area is 129 Å². The van der Waals surface area contributed by atoms with E-state index in [9.17, 15) is 5.11 Å². The van der Waals surface area contributed by atoms with Crippen molar-refractivity contribution in [3.63, 3.8) is 0 Å². The van der Waals surface area contributed by atoms with Crippen LogP contribution in [0.4, 0.5) is 0 Å². The summed E-state index contributed by atoms with van der Waals surface area (Å²) in [4.78, 5) is 4.44. The topological polar surface area (TPSA) is 53.4 Å². The van der Waals surface area contributed by atoms with Gasteiger partial charge >= 0.3 is 0 Å². The van der Waals surface area contributed by atoms with E-state index in [0.717, 1.165) is 15.6 Å². The maximum absolute atomic E-state index is 9.29. The predicted molar refractivity (Wildman–Crippen MR) is 81.4 cm³/mol. The number of benzene rings is 1. The highest BCUT2D eigenvalue weighted by Crippen LogP contribution is 2.33. The number of hydrogen-bond acceptors (Lipinski definition) is 5. The summed E-state index contributed by atoms with van der Waals surface area (Å²) in [5.41, 5.74) is 1.62. The molecule has 2 aromatic rings. The lowest BCUT2D eigenvalue weighted by molar-refractivity contribution is 0.113. The van der Waals surface area contributed by atoms with Crippen molar-refractivity contribution in [2.75, 3.05) is 12.4 Å². The fourth-order valence-electron chi connectivity index (χ4n) is 1.36. The summed E-state index contributed by atoms with van der Waals surface area (Å²) in [6.07, 6.45) is -0.725. The smallest absolute Gasteiger partial charge is 0.150 e. The van der Waals surface area contributed by atoms with Crippen LogP contribution in [0, 0.1) is 0 Å². The van der Waals surface area contributed by atoms with Gasteiger partial charge in [0, 0.05) is 21.7 Å². The Hall–Kier alpha value is -0.300. The molecule has 0 aliphatic heterocycles. The second kappa shape index (κ2) is 6.92. The Bertz CT molecular complexity index is 562. The van der Waals surface area contributed by atoms with Gasteiger partial charge < -0.3 is 10.2 Å². The van der Waals surface area contributed by atoms with Crippen LogP contribution in [0.15, 0.2) is 27.9 Å². The Balaban J connectivity index is 2.12. The zero-order valence-corrected chi connectivity index (χ0v) is 12.9. The highest BCUT2D eigenvalue weighted by molar-refractivity contribution is 8.01. The minimum atomic E-state index is -0.725. The molecule has 3 nitrogen and oxygen atoms in total. The molecular formula is C12H11Cl2NO2S2. The van der Waals surface area contributed by atoms with Gasteiger partial charge in [-0.3, -0.25) is 0 Å². The average molecular weight is 336 g/mol. The average Bonchev–Trinajstić information content (AvgIpc) is 2.84. The maximum atomic E-state index is 9.29. The van der Waals surface area contributed by atoms with E-state index >= 15 is 0 Å². The first-order valence-corrected chi connectivity index (χ1v) is 8.05. The third kappa shape index (κ3) is 4.08. The molecule has 0 spiro atoms. The zero-order valence-electron chi connectivity index (χ0n) is 9.72. The summed E-state index contributed by atoms with van der Waals surface area (Å²) in [6, 6.07) is 5.28. The first-order chi connectivity index (χ1) is 9.10. The minimum Gasteiger partial charge on any atom is -0.394 e. The van der Waals surface area contributed by atoms with Crippen molar-refractivity contribution in [3.8, 4) is 11.3 Å². The first-order valence-electron chi connectivity index (χ1n) is 5.43. The molecule has 1 aromatic carbocycles. The van der Waals surface area contributed by atoms with Crippen LogP contribution in [-0.2, 0) is 0 Å². The Kier molecular flexibility index (Phi) is 5.50. The van der Waals surface area contributed by atoms with Crippen molar-refractivity contribution >= 4 is 46.3 Å². The van der Waals surface area contributed by atoms with E-state index in [2.05, 4.69) is 4.98 Å². The van der Waals surface area contributed by atoms with Gasteiger partial charge in [0.25, 0.3) is 0 Å². The number of aliphatic hydroxyl groups is 2. The highest BCUT2D eigenvalue weighted by Gasteiger charge is 2.10. The molecule has 1 atom stereocenters. The molecule has 19 heavy (non-hydrogen) atoms. The van der Waals surface area contributed by atoms with Gasteiger partial charge in [-0.15, -0.1) is 11.3 Å². The van der Waals surface area contributed by atoms with Gasteiger partial charge in [0.1, 0.15) is 0 Å². The van der Waals surface area contributed by atoms with E-state index in [0.29, 0.717) is 15.8 Å². The molecule has 1 aromatic heterocycles. The lowest BCUT2D eigenvalue weighted by atomic mass is 10.2. The molecule has 0 fully saturated rings. The van der Waals surface area contributed by atoms with Crippen LogP contribution in [0.2, 0.25) is 10.0 Å². The third-order valence-electron chi connectivity index (χ3n) is 2.30. The third-order valence-corrected chi connectivity index (χ3v) is 5.01. The van der Waals surface area contributed by atoms with Crippen LogP contribution >= 0.6 is 46.3 Å². The van der Waals surface area contributed by atoms with Crippen molar-refractivity contribution in [2.45, 2.75) is 10.4 Å². The molecule has 0 amide bonds. The van der Waals surface area contributed by atoms with Gasteiger partial charge in [-0.2, -0.15) is 0 Å². The summed E-state index contributed by atoms with van der Waals surface area (Å²) in [6.45, 7) is -0.242. The normalized spacial score (nSPS) is 12.6. The van der Waals surface area contributed by atoms with Gasteiger partial charge in [0.05, 0.1) is 23.4 Å². The van der Waals surface area contributed by atoms with Crippen molar-refractivity contribution in [1.82, 2.24) is 4.98 Å². The number of aromatic nitrogens is 1. The van der Waals surface area contributed by atoms with Crippen molar-refractivity contribution in [2.24, 2.45) is 0 Å². The highest BCUT2D eigenvalue weighted by atomic mass is 35.5. The SMILES string of the molecule is OCC(O)CSc1nc(-c2ccc(Cl)cc2Cl)cs1. The van der Waals surface area contributed by atoms with Crippen LogP contribution in [-0.4, -0.2) is 33.7 Å².